The first kappa shape index (κ1) is 18.7. The minimum absolute atomic E-state index is 0.0727. The first-order valence-corrected chi connectivity index (χ1v) is 9.19. The molecule has 2 aromatic rings. The third-order valence-corrected chi connectivity index (χ3v) is 4.88. The number of esters is 1. The second-order valence-corrected chi connectivity index (χ2v) is 6.49. The molecular formula is C21H19N3O5. The Balaban J connectivity index is 1.81. The first-order chi connectivity index (χ1) is 14.1. The van der Waals surface area contributed by atoms with Gasteiger partial charge in [-0.25, -0.2) is 9.69 Å². The van der Waals surface area contributed by atoms with Crippen molar-refractivity contribution in [1.29, 1.82) is 0 Å². The number of carbonyl (C=O) groups excluding carboxylic acids is 3. The molecule has 148 valence electrons. The van der Waals surface area contributed by atoms with Crippen molar-refractivity contribution >= 4 is 34.9 Å². The first-order valence-electron chi connectivity index (χ1n) is 9.19. The molecule has 1 fully saturated rings. The van der Waals surface area contributed by atoms with Gasteiger partial charge in [-0.2, -0.15) is 5.10 Å². The number of carbonyl (C=O) groups is 3. The predicted molar refractivity (Wildman–Crippen MR) is 106 cm³/mol. The van der Waals surface area contributed by atoms with Gasteiger partial charge in [0.15, 0.2) is 5.71 Å². The van der Waals surface area contributed by atoms with E-state index in [9.17, 15) is 14.4 Å². The van der Waals surface area contributed by atoms with Gasteiger partial charge in [0.1, 0.15) is 17.7 Å². The van der Waals surface area contributed by atoms with Crippen LogP contribution in [0.2, 0.25) is 0 Å². The number of hydrazone groups is 1. The summed E-state index contributed by atoms with van der Waals surface area (Å²) in [4.78, 5) is 40.2. The van der Waals surface area contributed by atoms with Crippen molar-refractivity contribution in [2.75, 3.05) is 23.6 Å². The van der Waals surface area contributed by atoms with Crippen LogP contribution in [0.25, 0.3) is 0 Å². The highest BCUT2D eigenvalue weighted by atomic mass is 16.5. The summed E-state index contributed by atoms with van der Waals surface area (Å²) in [6, 6.07) is 14.7. The van der Waals surface area contributed by atoms with Gasteiger partial charge in [-0.1, -0.05) is 30.3 Å². The molecule has 2 atom stereocenters. The van der Waals surface area contributed by atoms with Crippen molar-refractivity contribution < 1.29 is 23.9 Å². The summed E-state index contributed by atoms with van der Waals surface area (Å²) in [7, 11) is 1.46. The molecule has 29 heavy (non-hydrogen) atoms. The molecule has 0 unspecified atom stereocenters. The summed E-state index contributed by atoms with van der Waals surface area (Å²) >= 11 is 0. The maximum absolute atomic E-state index is 13.4. The number of hydrogen-bond donors (Lipinski definition) is 0. The topological polar surface area (TPSA) is 88.5 Å². The van der Waals surface area contributed by atoms with Crippen molar-refractivity contribution in [3.8, 4) is 5.75 Å². The fourth-order valence-electron chi connectivity index (χ4n) is 3.63. The number of rotatable bonds is 5. The maximum atomic E-state index is 13.4. The average Bonchev–Trinajstić information content (AvgIpc) is 3.26. The third kappa shape index (κ3) is 2.93. The van der Waals surface area contributed by atoms with Crippen molar-refractivity contribution in [3.63, 3.8) is 0 Å². The molecule has 2 aliphatic rings. The van der Waals surface area contributed by atoms with E-state index >= 15 is 0 Å². The van der Waals surface area contributed by atoms with Crippen LogP contribution in [0.3, 0.4) is 0 Å². The Kier molecular flexibility index (Phi) is 4.75. The van der Waals surface area contributed by atoms with Crippen LogP contribution in [0, 0.1) is 5.92 Å². The van der Waals surface area contributed by atoms with E-state index in [1.807, 2.05) is 6.07 Å². The van der Waals surface area contributed by atoms with E-state index in [0.717, 1.165) is 4.90 Å². The Morgan fingerprint density at radius 3 is 2.41 bits per heavy atom. The van der Waals surface area contributed by atoms with Gasteiger partial charge in [0.05, 0.1) is 25.1 Å². The molecule has 0 radical (unpaired) electrons. The summed E-state index contributed by atoms with van der Waals surface area (Å²) in [6.45, 7) is 1.81. The lowest BCUT2D eigenvalue weighted by molar-refractivity contribution is -0.136. The van der Waals surface area contributed by atoms with Crippen LogP contribution >= 0.6 is 0 Å². The van der Waals surface area contributed by atoms with E-state index in [4.69, 9.17) is 9.47 Å². The number of fused-ring (bicyclic) bond motifs is 1. The summed E-state index contributed by atoms with van der Waals surface area (Å²) in [6.07, 6.45) is 0. The van der Waals surface area contributed by atoms with Gasteiger partial charge < -0.3 is 9.47 Å². The molecule has 0 spiro atoms. The zero-order chi connectivity index (χ0) is 20.5. The van der Waals surface area contributed by atoms with E-state index in [1.54, 1.807) is 55.5 Å². The minimum atomic E-state index is -1.05. The standard InChI is InChI=1S/C21H19N3O5/c1-3-29-21(27)17-16-18(24(22-17)13-9-5-4-6-10-13)20(26)23(19(16)25)14-11-7-8-12-15(14)28-2/h4-12,16,18H,3H2,1-2H3/t16-,18+/m1/s1. The molecule has 1 saturated heterocycles. The highest BCUT2D eigenvalue weighted by Gasteiger charge is 2.59. The summed E-state index contributed by atoms with van der Waals surface area (Å²) < 4.78 is 10.4. The zero-order valence-corrected chi connectivity index (χ0v) is 15.9. The Bertz CT molecular complexity index is 1000. The second-order valence-electron chi connectivity index (χ2n) is 6.49. The Labute approximate surface area is 167 Å². The van der Waals surface area contributed by atoms with E-state index in [-0.39, 0.29) is 12.3 Å². The van der Waals surface area contributed by atoms with E-state index in [1.165, 1.54) is 12.1 Å². The van der Waals surface area contributed by atoms with Gasteiger partial charge in [0.2, 0.25) is 5.91 Å². The van der Waals surface area contributed by atoms with E-state index in [2.05, 4.69) is 5.10 Å². The molecule has 4 rings (SSSR count). The maximum Gasteiger partial charge on any atom is 0.355 e. The van der Waals surface area contributed by atoms with Crippen molar-refractivity contribution in [1.82, 2.24) is 0 Å². The van der Waals surface area contributed by atoms with Crippen LogP contribution < -0.4 is 14.6 Å². The van der Waals surface area contributed by atoms with Crippen molar-refractivity contribution in [2.45, 2.75) is 13.0 Å². The van der Waals surface area contributed by atoms with Crippen LogP contribution in [0.5, 0.6) is 5.75 Å². The normalized spacial score (nSPS) is 20.6. The van der Waals surface area contributed by atoms with Crippen LogP contribution in [0.4, 0.5) is 11.4 Å². The quantitative estimate of drug-likeness (QED) is 0.570. The molecule has 2 heterocycles. The van der Waals surface area contributed by atoms with Crippen LogP contribution in [-0.2, 0) is 19.1 Å². The Morgan fingerprint density at radius 2 is 1.72 bits per heavy atom. The third-order valence-electron chi connectivity index (χ3n) is 4.88. The zero-order valence-electron chi connectivity index (χ0n) is 15.9. The number of ether oxygens (including phenoxy) is 2. The second kappa shape index (κ2) is 7.38. The molecule has 0 saturated carbocycles. The predicted octanol–water partition coefficient (Wildman–Crippen LogP) is 1.99. The van der Waals surface area contributed by atoms with Crippen LogP contribution in [0.1, 0.15) is 6.92 Å². The molecule has 0 N–H and O–H groups in total. The largest absolute Gasteiger partial charge is 0.495 e. The fourth-order valence-corrected chi connectivity index (χ4v) is 3.63. The highest BCUT2D eigenvalue weighted by molar-refractivity contribution is 6.47. The van der Waals surface area contributed by atoms with Gasteiger partial charge in [-0.3, -0.25) is 14.6 Å². The van der Waals surface area contributed by atoms with Crippen LogP contribution in [-0.4, -0.2) is 43.3 Å². The average molecular weight is 393 g/mol. The Hall–Kier alpha value is -3.68. The van der Waals surface area contributed by atoms with Gasteiger partial charge >= 0.3 is 5.97 Å². The van der Waals surface area contributed by atoms with E-state index < -0.39 is 29.7 Å². The fraction of sp³-hybridized carbons (Fsp3) is 0.238. The molecule has 2 amide bonds. The molecule has 0 aliphatic carbocycles. The molecule has 8 heteroatoms. The van der Waals surface area contributed by atoms with Gasteiger partial charge in [-0.15, -0.1) is 0 Å². The number of anilines is 2. The number of imide groups is 1. The number of nitrogens with zero attached hydrogens (tertiary/aromatic N) is 3. The lowest BCUT2D eigenvalue weighted by Gasteiger charge is -2.22. The van der Waals surface area contributed by atoms with Crippen molar-refractivity contribution in [3.05, 3.63) is 54.6 Å². The smallest absolute Gasteiger partial charge is 0.355 e. The molecule has 0 bridgehead atoms. The lowest BCUT2D eigenvalue weighted by atomic mass is 9.98. The molecule has 2 aliphatic heterocycles. The summed E-state index contributed by atoms with van der Waals surface area (Å²) in [5.74, 6) is -2.38. The van der Waals surface area contributed by atoms with E-state index in [0.29, 0.717) is 17.1 Å². The SMILES string of the molecule is CCOC(=O)C1=NN(c2ccccc2)[C@@H]2C(=O)N(c3ccccc3OC)C(=O)[C@H]12. The van der Waals surface area contributed by atoms with Crippen molar-refractivity contribution in [2.24, 2.45) is 11.0 Å². The number of amides is 2. The lowest BCUT2D eigenvalue weighted by Crippen LogP contribution is -2.39. The van der Waals surface area contributed by atoms with Gasteiger partial charge in [0, 0.05) is 0 Å². The number of hydrogen-bond acceptors (Lipinski definition) is 7. The molecule has 2 aromatic carbocycles. The Morgan fingerprint density at radius 1 is 1.03 bits per heavy atom. The van der Waals surface area contributed by atoms with Gasteiger partial charge in [0.25, 0.3) is 5.91 Å². The monoisotopic (exact) mass is 393 g/mol. The van der Waals surface area contributed by atoms with Crippen LogP contribution in [0.15, 0.2) is 59.7 Å². The summed E-state index contributed by atoms with van der Waals surface area (Å²) in [5.41, 5.74) is 0.858. The minimum Gasteiger partial charge on any atom is -0.495 e. The number of methoxy groups -OCH3 is 1. The van der Waals surface area contributed by atoms with Gasteiger partial charge in [-0.05, 0) is 31.2 Å². The molecule has 8 nitrogen and oxygen atoms in total. The number of para-hydroxylation sites is 3. The number of benzene rings is 2. The summed E-state index contributed by atoms with van der Waals surface area (Å²) in [5, 5.41) is 5.73. The molecule has 0 aromatic heterocycles. The highest BCUT2D eigenvalue weighted by Crippen LogP contribution is 2.40. The molecular weight excluding hydrogens is 374 g/mol.